The van der Waals surface area contributed by atoms with Crippen LogP contribution in [0.25, 0.3) is 10.8 Å². The van der Waals surface area contributed by atoms with Crippen LogP contribution in [-0.4, -0.2) is 32.8 Å². The van der Waals surface area contributed by atoms with Crippen molar-refractivity contribution < 1.29 is 17.9 Å². The van der Waals surface area contributed by atoms with Crippen molar-refractivity contribution in [2.24, 2.45) is 5.92 Å². The second-order valence-corrected chi connectivity index (χ2v) is 7.56. The molecular formula is C16H16O4S. The van der Waals surface area contributed by atoms with Crippen LogP contribution < -0.4 is 4.74 Å². The number of hydrogen-bond donors (Lipinski definition) is 0. The van der Waals surface area contributed by atoms with Crippen molar-refractivity contribution >= 4 is 26.4 Å². The molecule has 0 amide bonds. The van der Waals surface area contributed by atoms with Crippen LogP contribution in [0.4, 0.5) is 0 Å². The number of fused-ring (bicyclic) bond motifs is 1. The van der Waals surface area contributed by atoms with Crippen LogP contribution in [0.1, 0.15) is 16.8 Å². The summed E-state index contributed by atoms with van der Waals surface area (Å²) in [5.41, 5.74) is 0.498. The highest BCUT2D eigenvalue weighted by molar-refractivity contribution is 7.91. The number of hydrogen-bond acceptors (Lipinski definition) is 4. The Balaban J connectivity index is 2.12. The maximum absolute atomic E-state index is 12.8. The third kappa shape index (κ3) is 2.53. The van der Waals surface area contributed by atoms with E-state index in [-0.39, 0.29) is 17.3 Å². The molecule has 0 radical (unpaired) electrons. The van der Waals surface area contributed by atoms with E-state index in [1.165, 1.54) is 7.11 Å². The molecule has 5 heteroatoms. The van der Waals surface area contributed by atoms with Crippen LogP contribution in [-0.2, 0) is 9.84 Å². The number of methoxy groups -OCH3 is 1. The number of carbonyl (C=O) groups is 1. The molecule has 1 heterocycles. The average Bonchev–Trinajstić information content (AvgIpc) is 2.85. The maximum atomic E-state index is 12.8. The van der Waals surface area contributed by atoms with Crippen molar-refractivity contribution in [2.75, 3.05) is 18.6 Å². The molecule has 4 nitrogen and oxygen atoms in total. The number of ether oxygens (including phenoxy) is 1. The Morgan fingerprint density at radius 1 is 1.19 bits per heavy atom. The molecule has 0 aliphatic carbocycles. The second kappa shape index (κ2) is 5.15. The second-order valence-electron chi connectivity index (χ2n) is 5.33. The highest BCUT2D eigenvalue weighted by atomic mass is 32.2. The van der Waals surface area contributed by atoms with Gasteiger partial charge in [0.05, 0.1) is 24.2 Å². The van der Waals surface area contributed by atoms with Gasteiger partial charge < -0.3 is 4.74 Å². The molecule has 3 rings (SSSR count). The molecule has 2 aromatic rings. The SMILES string of the molecule is COc1ccc2ccccc2c1C(=O)C1CCS(=O)(=O)C1. The number of ketones is 1. The highest BCUT2D eigenvalue weighted by Crippen LogP contribution is 2.32. The molecule has 0 N–H and O–H groups in total. The molecule has 1 atom stereocenters. The number of carbonyl (C=O) groups excluding carboxylic acids is 1. The van der Waals surface area contributed by atoms with Gasteiger partial charge in [-0.3, -0.25) is 4.79 Å². The molecule has 21 heavy (non-hydrogen) atoms. The molecule has 0 bridgehead atoms. The Hall–Kier alpha value is -1.88. The molecule has 1 saturated heterocycles. The smallest absolute Gasteiger partial charge is 0.171 e. The average molecular weight is 304 g/mol. The summed E-state index contributed by atoms with van der Waals surface area (Å²) in [6.07, 6.45) is 0.396. The topological polar surface area (TPSA) is 60.4 Å². The molecular weight excluding hydrogens is 288 g/mol. The van der Waals surface area contributed by atoms with Crippen molar-refractivity contribution in [1.82, 2.24) is 0 Å². The lowest BCUT2D eigenvalue weighted by Gasteiger charge is -2.14. The van der Waals surface area contributed by atoms with E-state index >= 15 is 0 Å². The molecule has 0 spiro atoms. The van der Waals surface area contributed by atoms with Crippen LogP contribution >= 0.6 is 0 Å². The monoisotopic (exact) mass is 304 g/mol. The van der Waals surface area contributed by atoms with Crippen molar-refractivity contribution in [3.63, 3.8) is 0 Å². The fraction of sp³-hybridized carbons (Fsp3) is 0.312. The van der Waals surface area contributed by atoms with E-state index < -0.39 is 15.8 Å². The molecule has 0 aromatic heterocycles. The number of Topliss-reactive ketones (excluding diaryl/α,β-unsaturated/α-hetero) is 1. The Morgan fingerprint density at radius 3 is 2.62 bits per heavy atom. The van der Waals surface area contributed by atoms with E-state index in [0.717, 1.165) is 10.8 Å². The standard InChI is InChI=1S/C16H16O4S/c1-20-14-7-6-11-4-2-3-5-13(11)15(14)16(17)12-8-9-21(18,19)10-12/h2-7,12H,8-10H2,1H3. The van der Waals surface area contributed by atoms with E-state index in [4.69, 9.17) is 4.74 Å². The van der Waals surface area contributed by atoms with Crippen molar-refractivity contribution in [1.29, 1.82) is 0 Å². The normalized spacial score (nSPS) is 20.5. The van der Waals surface area contributed by atoms with Crippen LogP contribution in [0.5, 0.6) is 5.75 Å². The predicted molar refractivity (Wildman–Crippen MR) is 81.6 cm³/mol. The Morgan fingerprint density at radius 2 is 1.95 bits per heavy atom. The Labute approximate surface area is 123 Å². The van der Waals surface area contributed by atoms with Gasteiger partial charge in [-0.25, -0.2) is 8.42 Å². The first-order chi connectivity index (χ1) is 10.0. The van der Waals surface area contributed by atoms with Gasteiger partial charge in [0.25, 0.3) is 0 Å². The van der Waals surface area contributed by atoms with E-state index in [1.54, 1.807) is 6.07 Å². The lowest BCUT2D eigenvalue weighted by Crippen LogP contribution is -2.17. The zero-order valence-electron chi connectivity index (χ0n) is 11.7. The first-order valence-electron chi connectivity index (χ1n) is 6.82. The summed E-state index contributed by atoms with van der Waals surface area (Å²) in [6, 6.07) is 11.2. The van der Waals surface area contributed by atoms with Gasteiger partial charge >= 0.3 is 0 Å². The van der Waals surface area contributed by atoms with Gasteiger partial charge in [0, 0.05) is 5.92 Å². The highest BCUT2D eigenvalue weighted by Gasteiger charge is 2.35. The summed E-state index contributed by atoms with van der Waals surface area (Å²) in [5, 5.41) is 1.76. The Kier molecular flexibility index (Phi) is 3.45. The lowest BCUT2D eigenvalue weighted by atomic mass is 9.92. The van der Waals surface area contributed by atoms with Gasteiger partial charge in [0.15, 0.2) is 15.6 Å². The maximum Gasteiger partial charge on any atom is 0.171 e. The molecule has 1 fully saturated rings. The van der Waals surface area contributed by atoms with E-state index in [2.05, 4.69) is 0 Å². The van der Waals surface area contributed by atoms with Crippen molar-refractivity contribution in [3.8, 4) is 5.75 Å². The van der Waals surface area contributed by atoms with Crippen LogP contribution in [0.2, 0.25) is 0 Å². The quantitative estimate of drug-likeness (QED) is 0.817. The summed E-state index contributed by atoms with van der Waals surface area (Å²) >= 11 is 0. The summed E-state index contributed by atoms with van der Waals surface area (Å²) in [4.78, 5) is 12.8. The number of sulfone groups is 1. The summed E-state index contributed by atoms with van der Waals surface area (Å²) in [6.45, 7) is 0. The fourth-order valence-electron chi connectivity index (χ4n) is 2.88. The van der Waals surface area contributed by atoms with E-state index in [9.17, 15) is 13.2 Å². The summed E-state index contributed by atoms with van der Waals surface area (Å²) in [5.74, 6) is -0.0586. The van der Waals surface area contributed by atoms with Gasteiger partial charge in [-0.15, -0.1) is 0 Å². The first-order valence-corrected chi connectivity index (χ1v) is 8.64. The fourth-order valence-corrected chi connectivity index (χ4v) is 4.62. The van der Waals surface area contributed by atoms with Gasteiger partial charge in [0.1, 0.15) is 5.75 Å². The summed E-state index contributed by atoms with van der Waals surface area (Å²) < 4.78 is 28.5. The van der Waals surface area contributed by atoms with Crippen LogP contribution in [0.3, 0.4) is 0 Å². The zero-order chi connectivity index (χ0) is 15.0. The van der Waals surface area contributed by atoms with Crippen LogP contribution in [0, 0.1) is 5.92 Å². The van der Waals surface area contributed by atoms with Crippen molar-refractivity contribution in [2.45, 2.75) is 6.42 Å². The van der Waals surface area contributed by atoms with Gasteiger partial charge in [-0.1, -0.05) is 30.3 Å². The molecule has 1 aliphatic heterocycles. The third-order valence-electron chi connectivity index (χ3n) is 3.96. The lowest BCUT2D eigenvalue weighted by molar-refractivity contribution is 0.0932. The third-order valence-corrected chi connectivity index (χ3v) is 5.73. The minimum Gasteiger partial charge on any atom is -0.496 e. The Bertz CT molecular complexity index is 808. The number of rotatable bonds is 3. The largest absolute Gasteiger partial charge is 0.496 e. The minimum atomic E-state index is -3.08. The molecule has 1 unspecified atom stereocenters. The van der Waals surface area contributed by atoms with Gasteiger partial charge in [-0.05, 0) is 23.3 Å². The van der Waals surface area contributed by atoms with E-state index in [0.29, 0.717) is 17.7 Å². The first kappa shape index (κ1) is 14.1. The predicted octanol–water partition coefficient (Wildman–Crippen LogP) is 2.47. The summed E-state index contributed by atoms with van der Waals surface area (Å²) in [7, 11) is -1.56. The van der Waals surface area contributed by atoms with E-state index in [1.807, 2.05) is 30.3 Å². The minimum absolute atomic E-state index is 0.0573. The number of benzene rings is 2. The molecule has 0 saturated carbocycles. The molecule has 110 valence electrons. The molecule has 2 aromatic carbocycles. The zero-order valence-corrected chi connectivity index (χ0v) is 12.5. The van der Waals surface area contributed by atoms with Crippen molar-refractivity contribution in [3.05, 3.63) is 42.0 Å². The van der Waals surface area contributed by atoms with Crippen LogP contribution in [0.15, 0.2) is 36.4 Å². The molecule has 1 aliphatic rings. The van der Waals surface area contributed by atoms with Gasteiger partial charge in [0.2, 0.25) is 0 Å². The van der Waals surface area contributed by atoms with Gasteiger partial charge in [-0.2, -0.15) is 0 Å².